The number of hydrogen-bond donors (Lipinski definition) is 8. The number of benzene rings is 4. The van der Waals surface area contributed by atoms with Crippen molar-refractivity contribution in [3.8, 4) is 39.8 Å². The first kappa shape index (κ1) is 50.0. The number of carbonyl (C=O) groups excluding carboxylic acids is 5. The summed E-state index contributed by atoms with van der Waals surface area (Å²) in [7, 11) is 1.42. The fourth-order valence-corrected chi connectivity index (χ4v) is 7.81. The number of nitriles is 1. The molecule has 5 rings (SSSR count). The number of nitrogen functional groups attached to an aromatic ring is 1. The number of anilines is 1. The Labute approximate surface area is 385 Å². The Balaban J connectivity index is 1.57. The molecule has 5 amide bonds. The number of nitrogens with one attached hydrogen (secondary N) is 4. The summed E-state index contributed by atoms with van der Waals surface area (Å²) >= 11 is 0. The smallest absolute Gasteiger partial charge is 0.254 e. The molecule has 1 aliphatic heterocycles. The maximum Gasteiger partial charge on any atom is 0.254 e. The molecule has 0 saturated heterocycles. The Morgan fingerprint density at radius 3 is 2.09 bits per heavy atom. The molecule has 1 aliphatic rings. The number of likely N-dealkylation sites (N-methyl/N-ethyl adjacent to an activating group) is 1. The first-order chi connectivity index (χ1) is 31.4. The summed E-state index contributed by atoms with van der Waals surface area (Å²) < 4.78 is 12.2. The van der Waals surface area contributed by atoms with Crippen molar-refractivity contribution in [3.63, 3.8) is 0 Å². The number of nitrogens with two attached hydrogens (primary N) is 4. The zero-order valence-corrected chi connectivity index (χ0v) is 38.5. The highest BCUT2D eigenvalue weighted by atomic mass is 16.5. The van der Waals surface area contributed by atoms with Crippen LogP contribution >= 0.6 is 0 Å². The van der Waals surface area contributed by atoms with Crippen molar-refractivity contribution in [3.05, 3.63) is 101 Å². The maximum atomic E-state index is 14.7. The van der Waals surface area contributed by atoms with Gasteiger partial charge in [0.15, 0.2) is 0 Å². The van der Waals surface area contributed by atoms with Crippen LogP contribution in [0.5, 0.6) is 11.5 Å². The highest BCUT2D eigenvalue weighted by Crippen LogP contribution is 2.40. The van der Waals surface area contributed by atoms with E-state index in [4.69, 9.17) is 37.7 Å². The maximum absolute atomic E-state index is 14.7. The van der Waals surface area contributed by atoms with E-state index in [1.165, 1.54) is 24.4 Å². The molecule has 0 radical (unpaired) electrons. The molecular formula is C49H62N10O7. The summed E-state index contributed by atoms with van der Waals surface area (Å²) in [6.07, 6.45) is 0.00162. The number of hydrogen-bond acceptors (Lipinski definition) is 12. The second-order valence-electron chi connectivity index (χ2n) is 17.3. The van der Waals surface area contributed by atoms with Gasteiger partial charge < -0.3 is 58.6 Å². The van der Waals surface area contributed by atoms with Crippen LogP contribution in [0.1, 0.15) is 72.8 Å². The van der Waals surface area contributed by atoms with Crippen LogP contribution in [0, 0.1) is 18.3 Å². The van der Waals surface area contributed by atoms with E-state index < -0.39 is 53.7 Å². The number of aryl methyl sites for hydroxylation is 1. The number of amides is 5. The lowest BCUT2D eigenvalue weighted by atomic mass is 9.86. The summed E-state index contributed by atoms with van der Waals surface area (Å²) in [5.74, 6) is -2.58. The molecule has 4 aromatic carbocycles. The van der Waals surface area contributed by atoms with E-state index in [9.17, 15) is 24.0 Å². The Morgan fingerprint density at radius 1 is 0.864 bits per heavy atom. The molecule has 4 atom stereocenters. The molecule has 0 saturated carbocycles. The van der Waals surface area contributed by atoms with E-state index >= 15 is 0 Å². The zero-order chi connectivity index (χ0) is 48.3. The summed E-state index contributed by atoms with van der Waals surface area (Å²) in [6, 6.07) is 18.8. The van der Waals surface area contributed by atoms with Crippen molar-refractivity contribution in [2.24, 2.45) is 17.2 Å². The van der Waals surface area contributed by atoms with Gasteiger partial charge in [0.25, 0.3) is 5.91 Å². The summed E-state index contributed by atoms with van der Waals surface area (Å²) in [4.78, 5) is 71.7. The minimum absolute atomic E-state index is 0.000225. The van der Waals surface area contributed by atoms with E-state index in [0.29, 0.717) is 39.3 Å². The third-order valence-corrected chi connectivity index (χ3v) is 11.3. The zero-order valence-electron chi connectivity index (χ0n) is 38.5. The lowest BCUT2D eigenvalue weighted by Crippen LogP contribution is -2.56. The molecule has 17 heteroatoms. The number of nitrogens with zero attached hydrogens (tertiary/aromatic N) is 2. The molecule has 1 unspecified atom stereocenters. The highest BCUT2D eigenvalue weighted by molar-refractivity contribution is 6.04. The largest absolute Gasteiger partial charge is 0.492 e. The predicted molar refractivity (Wildman–Crippen MR) is 253 cm³/mol. The quantitative estimate of drug-likeness (QED) is 0.0632. The van der Waals surface area contributed by atoms with Crippen molar-refractivity contribution in [1.29, 1.82) is 5.26 Å². The Morgan fingerprint density at radius 2 is 1.50 bits per heavy atom. The molecular weight excluding hydrogens is 841 g/mol. The number of carbonyl (C=O) groups is 5. The van der Waals surface area contributed by atoms with Gasteiger partial charge in [-0.05, 0) is 95.9 Å². The SMILES string of the molecule is Cc1cc(-c2ccc(C(C)(C)C)cc2)cc(N)c1C(=O)NC(CCN)C(=O)N(C)[C@@H]1C(=O)N[C@@H](C)C(=O)N[C@H](C(=O)NCC#N)Cc2ccc(OCCN)c(c2)-c2cc1ccc2OCCN. The normalized spacial score (nSPS) is 16.6. The van der Waals surface area contributed by atoms with Gasteiger partial charge in [-0.25, -0.2) is 0 Å². The minimum atomic E-state index is -1.41. The third kappa shape index (κ3) is 12.0. The van der Waals surface area contributed by atoms with Crippen LogP contribution in [-0.4, -0.2) is 99.0 Å². The predicted octanol–water partition coefficient (Wildman–Crippen LogP) is 2.72. The van der Waals surface area contributed by atoms with Gasteiger partial charge in [-0.15, -0.1) is 0 Å². The van der Waals surface area contributed by atoms with Gasteiger partial charge in [0.1, 0.15) is 55.4 Å². The molecule has 4 aromatic rings. The molecule has 0 spiro atoms. The van der Waals surface area contributed by atoms with Gasteiger partial charge in [-0.2, -0.15) is 5.26 Å². The lowest BCUT2D eigenvalue weighted by molar-refractivity contribution is -0.141. The van der Waals surface area contributed by atoms with E-state index in [1.54, 1.807) is 49.4 Å². The average molecular weight is 903 g/mol. The topological polar surface area (TPSA) is 283 Å². The molecule has 4 bridgehead atoms. The van der Waals surface area contributed by atoms with Gasteiger partial charge in [-0.1, -0.05) is 63.2 Å². The molecule has 350 valence electrons. The van der Waals surface area contributed by atoms with E-state index in [0.717, 1.165) is 11.1 Å². The van der Waals surface area contributed by atoms with Crippen molar-refractivity contribution in [1.82, 2.24) is 26.2 Å². The van der Waals surface area contributed by atoms with Crippen LogP contribution in [0.25, 0.3) is 22.3 Å². The first-order valence-corrected chi connectivity index (χ1v) is 21.9. The van der Waals surface area contributed by atoms with Crippen molar-refractivity contribution in [2.75, 3.05) is 52.2 Å². The van der Waals surface area contributed by atoms with Gasteiger partial charge in [-0.3, -0.25) is 24.0 Å². The molecule has 66 heavy (non-hydrogen) atoms. The van der Waals surface area contributed by atoms with Gasteiger partial charge in [0, 0.05) is 43.4 Å². The molecule has 17 nitrogen and oxygen atoms in total. The van der Waals surface area contributed by atoms with Crippen molar-refractivity contribution >= 4 is 35.2 Å². The number of ether oxygens (including phenoxy) is 2. The molecule has 1 heterocycles. The van der Waals surface area contributed by atoms with Crippen LogP contribution in [-0.2, 0) is 31.0 Å². The third-order valence-electron chi connectivity index (χ3n) is 11.3. The lowest BCUT2D eigenvalue weighted by Gasteiger charge is -2.32. The Bertz CT molecular complexity index is 2440. The Kier molecular flexibility index (Phi) is 16.9. The molecule has 0 aromatic heterocycles. The molecule has 12 N–H and O–H groups in total. The summed E-state index contributed by atoms with van der Waals surface area (Å²) in [5, 5.41) is 19.9. The highest BCUT2D eigenvalue weighted by Gasteiger charge is 2.36. The van der Waals surface area contributed by atoms with Crippen molar-refractivity contribution in [2.45, 2.75) is 77.0 Å². The van der Waals surface area contributed by atoms with Crippen LogP contribution in [0.2, 0.25) is 0 Å². The average Bonchev–Trinajstić information content (AvgIpc) is 3.28. The van der Waals surface area contributed by atoms with Gasteiger partial charge in [0.2, 0.25) is 23.6 Å². The standard InChI is InChI=1S/C49H62N10O7/c1-28-23-33(31-8-11-34(12-9-31)49(3,4)5)27-37(54)42(28)46(62)57-38(15-16-50)48(64)59(6)43-32-10-14-41(66-22-19-53)36(26-32)35-24-30(7-13-40(35)65-21-18-52)25-39(45(61)55-20-17-51)58-44(60)29(2)56-47(43)63/h7-14,23-24,26-27,29,38-39,43H,15-16,18-22,25,50,52-54H2,1-6H3,(H,55,61)(H,56,63)(H,57,62)(H,58,60)/t29-,38?,39-,43-/m0/s1. The Hall–Kier alpha value is -7.00. The minimum Gasteiger partial charge on any atom is -0.492 e. The van der Waals surface area contributed by atoms with E-state index in [2.05, 4.69) is 54.2 Å². The van der Waals surface area contributed by atoms with E-state index in [-0.39, 0.29) is 68.9 Å². The summed E-state index contributed by atoms with van der Waals surface area (Å²) in [6.45, 7) is 9.98. The number of rotatable bonds is 15. The second kappa shape index (κ2) is 22.3. The summed E-state index contributed by atoms with van der Waals surface area (Å²) in [5.41, 5.74) is 30.0. The van der Waals surface area contributed by atoms with E-state index in [1.807, 2.05) is 24.3 Å². The van der Waals surface area contributed by atoms with Crippen LogP contribution in [0.3, 0.4) is 0 Å². The van der Waals surface area contributed by atoms with Crippen LogP contribution in [0.4, 0.5) is 5.69 Å². The fraction of sp³-hybridized carbons (Fsp3) is 0.388. The first-order valence-electron chi connectivity index (χ1n) is 21.9. The molecule has 0 fully saturated rings. The van der Waals surface area contributed by atoms with Crippen molar-refractivity contribution < 1.29 is 33.4 Å². The van der Waals surface area contributed by atoms with Gasteiger partial charge in [0.05, 0.1) is 11.6 Å². The van der Waals surface area contributed by atoms with Crippen LogP contribution < -0.4 is 53.7 Å². The molecule has 0 aliphatic carbocycles. The fourth-order valence-electron chi connectivity index (χ4n) is 7.81. The van der Waals surface area contributed by atoms with Gasteiger partial charge >= 0.3 is 0 Å². The second-order valence-corrected chi connectivity index (χ2v) is 17.3. The van der Waals surface area contributed by atoms with Crippen LogP contribution in [0.15, 0.2) is 72.8 Å². The monoisotopic (exact) mass is 902 g/mol. The number of fused-ring (bicyclic) bond motifs is 5.